The van der Waals surface area contributed by atoms with E-state index in [9.17, 15) is 4.79 Å². The predicted molar refractivity (Wildman–Crippen MR) is 96.7 cm³/mol. The number of nitrogens with zero attached hydrogens (tertiary/aromatic N) is 1. The number of nitrogens with one attached hydrogen (secondary N) is 2. The number of hydrogen-bond acceptors (Lipinski definition) is 3. The van der Waals surface area contributed by atoms with Gasteiger partial charge in [0.15, 0.2) is 0 Å². The zero-order valence-corrected chi connectivity index (χ0v) is 14.3. The number of aromatic nitrogens is 2. The molecule has 0 aliphatic heterocycles. The lowest BCUT2D eigenvalue weighted by atomic mass is 9.98. The molecular formula is C20H21N3O2. The molecule has 3 rings (SSSR count). The number of amides is 1. The summed E-state index contributed by atoms with van der Waals surface area (Å²) in [6.45, 7) is 2.01. The highest BCUT2D eigenvalue weighted by molar-refractivity contribution is 5.92. The minimum absolute atomic E-state index is 0.208. The SMILES string of the molecule is CCc1cc(C(=O)NC(c2ccccc2)c2ccc(OC)cc2)n[nH]1. The van der Waals surface area contributed by atoms with Crippen LogP contribution in [0.1, 0.15) is 40.3 Å². The van der Waals surface area contributed by atoms with E-state index in [4.69, 9.17) is 4.74 Å². The van der Waals surface area contributed by atoms with E-state index in [0.29, 0.717) is 5.69 Å². The summed E-state index contributed by atoms with van der Waals surface area (Å²) in [5.74, 6) is 0.572. The van der Waals surface area contributed by atoms with Gasteiger partial charge < -0.3 is 10.1 Å². The third-order valence-corrected chi connectivity index (χ3v) is 4.10. The number of rotatable bonds is 6. The van der Waals surface area contributed by atoms with Crippen LogP contribution in [0.25, 0.3) is 0 Å². The first-order chi connectivity index (χ1) is 12.2. The van der Waals surface area contributed by atoms with Crippen molar-refractivity contribution in [3.05, 3.63) is 83.2 Å². The normalized spacial score (nSPS) is 11.8. The van der Waals surface area contributed by atoms with Crippen molar-refractivity contribution in [3.63, 3.8) is 0 Å². The third-order valence-electron chi connectivity index (χ3n) is 4.10. The van der Waals surface area contributed by atoms with E-state index in [-0.39, 0.29) is 11.9 Å². The Morgan fingerprint density at radius 2 is 1.80 bits per heavy atom. The highest BCUT2D eigenvalue weighted by Crippen LogP contribution is 2.24. The van der Waals surface area contributed by atoms with Crippen molar-refractivity contribution in [1.82, 2.24) is 15.5 Å². The average Bonchev–Trinajstić information content (AvgIpc) is 3.16. The molecule has 1 atom stereocenters. The lowest BCUT2D eigenvalue weighted by molar-refractivity contribution is 0.0938. The maximum Gasteiger partial charge on any atom is 0.272 e. The molecule has 1 aromatic heterocycles. The Labute approximate surface area is 147 Å². The monoisotopic (exact) mass is 335 g/mol. The molecule has 2 aromatic carbocycles. The Kier molecular flexibility index (Phi) is 5.14. The molecule has 0 aliphatic rings. The molecular weight excluding hydrogens is 314 g/mol. The molecule has 25 heavy (non-hydrogen) atoms. The molecule has 0 bridgehead atoms. The summed E-state index contributed by atoms with van der Waals surface area (Å²) in [6.07, 6.45) is 0.806. The predicted octanol–water partition coefficient (Wildman–Crippen LogP) is 3.50. The quantitative estimate of drug-likeness (QED) is 0.724. The summed E-state index contributed by atoms with van der Waals surface area (Å²) < 4.78 is 5.22. The molecule has 0 saturated carbocycles. The molecule has 3 aromatic rings. The summed E-state index contributed by atoms with van der Waals surface area (Å²) in [5.41, 5.74) is 3.32. The van der Waals surface area contributed by atoms with Gasteiger partial charge in [0.1, 0.15) is 11.4 Å². The maximum atomic E-state index is 12.6. The van der Waals surface area contributed by atoms with Gasteiger partial charge in [0.05, 0.1) is 13.2 Å². The van der Waals surface area contributed by atoms with Crippen LogP contribution in [0, 0.1) is 0 Å². The lowest BCUT2D eigenvalue weighted by Gasteiger charge is -2.19. The van der Waals surface area contributed by atoms with Crippen LogP contribution in [-0.2, 0) is 6.42 Å². The standard InChI is InChI=1S/C20H21N3O2/c1-3-16-13-18(23-22-16)20(24)21-19(14-7-5-4-6-8-14)15-9-11-17(25-2)12-10-15/h4-13,19H,3H2,1-2H3,(H,21,24)(H,22,23). The Balaban J connectivity index is 1.89. The lowest BCUT2D eigenvalue weighted by Crippen LogP contribution is -2.29. The number of aromatic amines is 1. The van der Waals surface area contributed by atoms with Crippen LogP contribution in [-0.4, -0.2) is 23.2 Å². The summed E-state index contributed by atoms with van der Waals surface area (Å²) in [4.78, 5) is 12.6. The highest BCUT2D eigenvalue weighted by atomic mass is 16.5. The van der Waals surface area contributed by atoms with E-state index in [1.54, 1.807) is 13.2 Å². The molecule has 0 saturated heterocycles. The fraction of sp³-hybridized carbons (Fsp3) is 0.200. The van der Waals surface area contributed by atoms with E-state index in [1.807, 2.05) is 61.5 Å². The zero-order valence-electron chi connectivity index (χ0n) is 14.3. The molecule has 128 valence electrons. The molecule has 5 nitrogen and oxygen atoms in total. The van der Waals surface area contributed by atoms with Gasteiger partial charge in [-0.3, -0.25) is 9.89 Å². The Morgan fingerprint density at radius 3 is 2.40 bits per heavy atom. The van der Waals surface area contributed by atoms with Crippen LogP contribution in [0.4, 0.5) is 0 Å². The molecule has 0 radical (unpaired) electrons. The number of carbonyl (C=O) groups excluding carboxylic acids is 1. The number of hydrogen-bond donors (Lipinski definition) is 2. The van der Waals surface area contributed by atoms with Gasteiger partial charge in [-0.05, 0) is 35.7 Å². The summed E-state index contributed by atoms with van der Waals surface area (Å²) >= 11 is 0. The molecule has 1 amide bonds. The van der Waals surface area contributed by atoms with Gasteiger partial charge in [-0.2, -0.15) is 5.10 Å². The minimum atomic E-state index is -0.263. The average molecular weight is 335 g/mol. The number of aryl methyl sites for hydroxylation is 1. The van der Waals surface area contributed by atoms with Crippen molar-refractivity contribution in [2.24, 2.45) is 0 Å². The topological polar surface area (TPSA) is 67.0 Å². The van der Waals surface area contributed by atoms with Crippen LogP contribution in [0.15, 0.2) is 60.7 Å². The van der Waals surface area contributed by atoms with Gasteiger partial charge in [-0.15, -0.1) is 0 Å². The number of ether oxygens (including phenoxy) is 1. The van der Waals surface area contributed by atoms with Crippen molar-refractivity contribution < 1.29 is 9.53 Å². The Morgan fingerprint density at radius 1 is 1.12 bits per heavy atom. The van der Waals surface area contributed by atoms with Crippen molar-refractivity contribution in [2.45, 2.75) is 19.4 Å². The van der Waals surface area contributed by atoms with Crippen molar-refractivity contribution in [3.8, 4) is 5.75 Å². The smallest absolute Gasteiger partial charge is 0.272 e. The van der Waals surface area contributed by atoms with Crippen LogP contribution in [0.3, 0.4) is 0 Å². The highest BCUT2D eigenvalue weighted by Gasteiger charge is 2.19. The molecule has 5 heteroatoms. The van der Waals surface area contributed by atoms with Gasteiger partial charge in [0.2, 0.25) is 0 Å². The summed E-state index contributed by atoms with van der Waals surface area (Å²) in [6, 6.07) is 19.1. The van der Waals surface area contributed by atoms with Crippen molar-refractivity contribution >= 4 is 5.91 Å². The van der Waals surface area contributed by atoms with Crippen LogP contribution in [0.2, 0.25) is 0 Å². The molecule has 0 aliphatic carbocycles. The first-order valence-electron chi connectivity index (χ1n) is 8.25. The molecule has 1 heterocycles. The fourth-order valence-electron chi connectivity index (χ4n) is 2.67. The van der Waals surface area contributed by atoms with E-state index < -0.39 is 0 Å². The minimum Gasteiger partial charge on any atom is -0.497 e. The molecule has 1 unspecified atom stereocenters. The van der Waals surface area contributed by atoms with Gasteiger partial charge in [0.25, 0.3) is 5.91 Å². The zero-order chi connectivity index (χ0) is 17.6. The van der Waals surface area contributed by atoms with Crippen molar-refractivity contribution in [2.75, 3.05) is 7.11 Å². The van der Waals surface area contributed by atoms with Gasteiger partial charge in [-0.25, -0.2) is 0 Å². The molecule has 0 fully saturated rings. The van der Waals surface area contributed by atoms with Crippen LogP contribution in [0.5, 0.6) is 5.75 Å². The fourth-order valence-corrected chi connectivity index (χ4v) is 2.67. The van der Waals surface area contributed by atoms with E-state index in [1.165, 1.54) is 0 Å². The van der Waals surface area contributed by atoms with Crippen molar-refractivity contribution in [1.29, 1.82) is 0 Å². The second-order valence-corrected chi connectivity index (χ2v) is 5.72. The third kappa shape index (κ3) is 3.88. The van der Waals surface area contributed by atoms with E-state index in [0.717, 1.165) is 29.0 Å². The van der Waals surface area contributed by atoms with Crippen LogP contribution >= 0.6 is 0 Å². The first-order valence-corrected chi connectivity index (χ1v) is 8.25. The van der Waals surface area contributed by atoms with Gasteiger partial charge in [0, 0.05) is 5.69 Å². The number of methoxy groups -OCH3 is 1. The van der Waals surface area contributed by atoms with Gasteiger partial charge >= 0.3 is 0 Å². The largest absolute Gasteiger partial charge is 0.497 e. The second-order valence-electron chi connectivity index (χ2n) is 5.72. The van der Waals surface area contributed by atoms with Crippen LogP contribution < -0.4 is 10.1 Å². The summed E-state index contributed by atoms with van der Waals surface area (Å²) in [7, 11) is 1.63. The summed E-state index contributed by atoms with van der Waals surface area (Å²) in [5, 5.41) is 10.1. The Hall–Kier alpha value is -3.08. The Bertz CT molecular complexity index is 826. The molecule has 0 spiro atoms. The first kappa shape index (κ1) is 16.8. The van der Waals surface area contributed by atoms with Gasteiger partial charge in [-0.1, -0.05) is 49.4 Å². The second kappa shape index (κ2) is 7.66. The molecule has 2 N–H and O–H groups in total. The van der Waals surface area contributed by atoms with E-state index >= 15 is 0 Å². The number of H-pyrrole nitrogens is 1. The van der Waals surface area contributed by atoms with E-state index in [2.05, 4.69) is 15.5 Å². The maximum absolute atomic E-state index is 12.6. The number of benzene rings is 2. The number of carbonyl (C=O) groups is 1.